The van der Waals surface area contributed by atoms with E-state index in [0.29, 0.717) is 11.8 Å². The molecular formula is C46H56Cl2SiZr-4. The van der Waals surface area contributed by atoms with Crippen molar-refractivity contribution in [2.24, 2.45) is 0 Å². The molecule has 6 aromatic rings. The molecule has 1 unspecified atom stereocenters. The van der Waals surface area contributed by atoms with E-state index >= 15 is 0 Å². The first-order valence-electron chi connectivity index (χ1n) is 17.3. The van der Waals surface area contributed by atoms with Crippen molar-refractivity contribution < 1.29 is 23.3 Å². The Morgan fingerprint density at radius 2 is 1.14 bits per heavy atom. The van der Waals surface area contributed by atoms with Gasteiger partial charge in [0.05, 0.1) is 0 Å². The van der Waals surface area contributed by atoms with E-state index < -0.39 is 0 Å². The summed E-state index contributed by atoms with van der Waals surface area (Å²) in [5, 5.41) is 5.56. The minimum atomic E-state index is 0. The predicted molar refractivity (Wildman–Crippen MR) is 226 cm³/mol. The SMILES string of the molecule is CC(C)c1ccc(-c2cccc3[cH-]c(C4CCCC4)cc23)cc1.CCc1cc2c(-c3ccc(C(C)CC)cc3)cccc2[cH-]1.Cl.Cl.[CH3-].[CH3-].[Si]=[Zr]. The van der Waals surface area contributed by atoms with Crippen molar-refractivity contribution in [1.29, 1.82) is 0 Å². The Morgan fingerprint density at radius 1 is 0.660 bits per heavy atom. The van der Waals surface area contributed by atoms with Crippen molar-refractivity contribution >= 4 is 53.2 Å². The Hall–Kier alpha value is -2.22. The summed E-state index contributed by atoms with van der Waals surface area (Å²) in [6, 6.07) is 41.1. The van der Waals surface area contributed by atoms with Gasteiger partial charge in [-0.05, 0) is 65.7 Å². The number of hydrogen-bond acceptors (Lipinski definition) is 0. The zero-order valence-corrected chi connectivity index (χ0v) is 36.3. The van der Waals surface area contributed by atoms with Gasteiger partial charge in [0, 0.05) is 0 Å². The van der Waals surface area contributed by atoms with Gasteiger partial charge in [-0.15, -0.1) is 93.9 Å². The van der Waals surface area contributed by atoms with Crippen molar-refractivity contribution in [3.05, 3.63) is 146 Å². The number of aryl methyl sites for hydroxylation is 1. The van der Waals surface area contributed by atoms with Crippen LogP contribution < -0.4 is 0 Å². The fourth-order valence-corrected chi connectivity index (χ4v) is 7.03. The Labute approximate surface area is 333 Å². The second-order valence-corrected chi connectivity index (χ2v) is 13.3. The standard InChI is InChI=1S/C23H25.C21H23.2CH3.2ClH.Si.Zr/c1-16(2)17-10-12-19(13-11-17)22-9-5-8-20-14-21(15-23(20)22)18-6-3-4-7-18;1-4-15(3)17-9-11-18(12-10-17)20-8-6-7-19-13-16(5-2)14-21(19)20;;;;;;/h5,8-16,18H,3-4,6-7H2,1-2H3;6-15H,4-5H2,1-3H3;2*1H3;2*1H;;/q4*-1;;;;. The van der Waals surface area contributed by atoms with Gasteiger partial charge in [0.2, 0.25) is 0 Å². The number of fused-ring (bicyclic) bond motifs is 2. The summed E-state index contributed by atoms with van der Waals surface area (Å²) >= 11 is 1.36. The average molecular weight is 799 g/mol. The van der Waals surface area contributed by atoms with Gasteiger partial charge in [-0.1, -0.05) is 119 Å². The summed E-state index contributed by atoms with van der Waals surface area (Å²) < 4.78 is 0. The van der Waals surface area contributed by atoms with E-state index in [-0.39, 0.29) is 39.7 Å². The molecule has 0 heterocycles. The molecule has 0 N–H and O–H groups in total. The van der Waals surface area contributed by atoms with Crippen LogP contribution in [0.1, 0.15) is 107 Å². The summed E-state index contributed by atoms with van der Waals surface area (Å²) in [7, 11) is 0. The first-order valence-corrected chi connectivity index (χ1v) is 21.5. The molecule has 50 heavy (non-hydrogen) atoms. The molecule has 1 atom stereocenters. The van der Waals surface area contributed by atoms with E-state index in [2.05, 4.69) is 151 Å². The second-order valence-electron chi connectivity index (χ2n) is 13.3. The molecule has 1 aliphatic carbocycles. The van der Waals surface area contributed by atoms with Crippen LogP contribution in [-0.4, -0.2) is 6.88 Å². The van der Waals surface area contributed by atoms with Gasteiger partial charge in [-0.3, -0.25) is 0 Å². The summed E-state index contributed by atoms with van der Waals surface area (Å²) in [4.78, 5) is 0. The quantitative estimate of drug-likeness (QED) is 0.111. The van der Waals surface area contributed by atoms with Crippen molar-refractivity contribution in [3.8, 4) is 22.3 Å². The van der Waals surface area contributed by atoms with Gasteiger partial charge in [0.15, 0.2) is 0 Å². The maximum absolute atomic E-state index is 3.06. The van der Waals surface area contributed by atoms with Gasteiger partial charge in [-0.2, -0.15) is 12.1 Å². The van der Waals surface area contributed by atoms with Crippen LogP contribution >= 0.6 is 24.8 Å². The van der Waals surface area contributed by atoms with Crippen LogP contribution in [0.3, 0.4) is 0 Å². The molecule has 0 saturated heterocycles. The fourth-order valence-electron chi connectivity index (χ4n) is 7.03. The van der Waals surface area contributed by atoms with Crippen LogP contribution in [0.4, 0.5) is 0 Å². The van der Waals surface area contributed by atoms with Crippen LogP contribution in [0.2, 0.25) is 0 Å². The zero-order valence-electron chi connectivity index (χ0n) is 31.2. The van der Waals surface area contributed by atoms with Gasteiger partial charge in [0.1, 0.15) is 0 Å². The van der Waals surface area contributed by atoms with Crippen LogP contribution in [0.25, 0.3) is 43.8 Å². The Balaban J connectivity index is 0.000000444. The third-order valence-corrected chi connectivity index (χ3v) is 10.1. The molecular weight excluding hydrogens is 743 g/mol. The molecule has 6 aromatic carbocycles. The van der Waals surface area contributed by atoms with E-state index in [4.69, 9.17) is 0 Å². The number of rotatable bonds is 7. The monoisotopic (exact) mass is 796 g/mol. The maximum atomic E-state index is 3.06. The number of halogens is 2. The van der Waals surface area contributed by atoms with Crippen molar-refractivity contribution in [2.45, 2.75) is 90.9 Å². The van der Waals surface area contributed by atoms with Crippen LogP contribution in [0.5, 0.6) is 0 Å². The molecule has 2 radical (unpaired) electrons. The number of benzene rings is 4. The molecule has 1 saturated carbocycles. The zero-order chi connectivity index (χ0) is 32.6. The average Bonchev–Trinajstić information content (AvgIpc) is 3.89. The molecule has 266 valence electrons. The molecule has 7 rings (SSSR count). The molecule has 1 fully saturated rings. The normalized spacial score (nSPS) is 12.7. The molecule has 0 nitrogen and oxygen atoms in total. The van der Waals surface area contributed by atoms with E-state index in [1.165, 1.54) is 116 Å². The molecule has 0 amide bonds. The molecule has 0 bridgehead atoms. The Bertz CT molecular complexity index is 1840. The van der Waals surface area contributed by atoms with Crippen LogP contribution in [0.15, 0.2) is 109 Å². The van der Waals surface area contributed by atoms with Gasteiger partial charge >= 0.3 is 30.2 Å². The second kappa shape index (κ2) is 22.0. The third-order valence-electron chi connectivity index (χ3n) is 10.1. The molecule has 1 aliphatic rings. The van der Waals surface area contributed by atoms with Gasteiger partial charge in [-0.25, -0.2) is 0 Å². The third kappa shape index (κ3) is 10.7. The molecule has 0 aliphatic heterocycles. The predicted octanol–water partition coefficient (Wildman–Crippen LogP) is 14.7. The summed E-state index contributed by atoms with van der Waals surface area (Å²) in [5.74, 6) is 2.02. The van der Waals surface area contributed by atoms with Crippen LogP contribution in [0, 0.1) is 14.9 Å². The number of hydrogen-bond donors (Lipinski definition) is 0. The van der Waals surface area contributed by atoms with E-state index in [1.807, 2.05) is 0 Å². The Morgan fingerprint density at radius 3 is 1.62 bits per heavy atom. The topological polar surface area (TPSA) is 0 Å². The van der Waals surface area contributed by atoms with Crippen molar-refractivity contribution in [2.75, 3.05) is 0 Å². The van der Waals surface area contributed by atoms with Crippen LogP contribution in [-0.2, 0) is 29.8 Å². The van der Waals surface area contributed by atoms with E-state index in [9.17, 15) is 0 Å². The van der Waals surface area contributed by atoms with Gasteiger partial charge in [0.25, 0.3) is 0 Å². The summed E-state index contributed by atoms with van der Waals surface area (Å²) in [6.07, 6.45) is 7.83. The summed E-state index contributed by atoms with van der Waals surface area (Å²) in [6.45, 7) is 14.3. The van der Waals surface area contributed by atoms with E-state index in [1.54, 1.807) is 5.56 Å². The molecule has 0 spiro atoms. The fraction of sp³-hybridized carbons (Fsp3) is 0.304. The molecule has 0 aromatic heterocycles. The molecule has 4 heteroatoms. The van der Waals surface area contributed by atoms with E-state index in [0.717, 1.165) is 12.3 Å². The van der Waals surface area contributed by atoms with Crippen molar-refractivity contribution in [3.63, 3.8) is 0 Å². The Kier molecular flexibility index (Phi) is 20.1. The minimum absolute atomic E-state index is 0. The van der Waals surface area contributed by atoms with Crippen molar-refractivity contribution in [1.82, 2.24) is 0 Å². The first-order chi connectivity index (χ1) is 22.4. The summed E-state index contributed by atoms with van der Waals surface area (Å²) in [5.41, 5.74) is 11.2. The first kappa shape index (κ1) is 45.8. The van der Waals surface area contributed by atoms with Gasteiger partial charge < -0.3 is 14.9 Å².